The van der Waals surface area contributed by atoms with Gasteiger partial charge in [0.25, 0.3) is 0 Å². The third-order valence-corrected chi connectivity index (χ3v) is 3.72. The Kier molecular flexibility index (Phi) is 8.13. The molecule has 1 aliphatic rings. The minimum atomic E-state index is -1.11. The average molecular weight is 306 g/mol. The Bertz CT molecular complexity index is 308. The van der Waals surface area contributed by atoms with E-state index in [-0.39, 0.29) is 18.5 Å². The topological polar surface area (TPSA) is 105 Å². The largest absolute Gasteiger partial charge is 0.469 e. The van der Waals surface area contributed by atoms with E-state index in [1.165, 1.54) is 7.11 Å². The highest BCUT2D eigenvalue weighted by atomic mass is 16.7. The van der Waals surface area contributed by atoms with Crippen LogP contribution in [0.1, 0.15) is 32.6 Å². The predicted octanol–water partition coefficient (Wildman–Crippen LogP) is -0.189. The molecule has 1 fully saturated rings. The van der Waals surface area contributed by atoms with Gasteiger partial charge in [0.05, 0.1) is 19.8 Å². The summed E-state index contributed by atoms with van der Waals surface area (Å²) in [7, 11) is 1.37. The molecule has 5 unspecified atom stereocenters. The van der Waals surface area contributed by atoms with Gasteiger partial charge in [-0.2, -0.15) is 0 Å². The van der Waals surface area contributed by atoms with Crippen molar-refractivity contribution < 1.29 is 34.3 Å². The fourth-order valence-electron chi connectivity index (χ4n) is 2.26. The van der Waals surface area contributed by atoms with Crippen molar-refractivity contribution in [1.29, 1.82) is 0 Å². The molecule has 7 nitrogen and oxygen atoms in total. The number of rotatable bonds is 8. The van der Waals surface area contributed by atoms with Crippen molar-refractivity contribution in [3.8, 4) is 0 Å². The first-order valence-electron chi connectivity index (χ1n) is 7.32. The van der Waals surface area contributed by atoms with E-state index in [2.05, 4.69) is 4.74 Å². The highest BCUT2D eigenvalue weighted by Gasteiger charge is 2.42. The van der Waals surface area contributed by atoms with Gasteiger partial charge in [0.15, 0.2) is 6.29 Å². The number of ether oxygens (including phenoxy) is 3. The van der Waals surface area contributed by atoms with E-state index >= 15 is 0 Å². The number of aliphatic hydroxyl groups is 3. The van der Waals surface area contributed by atoms with Gasteiger partial charge >= 0.3 is 5.97 Å². The maximum atomic E-state index is 10.9. The van der Waals surface area contributed by atoms with Crippen molar-refractivity contribution in [2.45, 2.75) is 57.2 Å². The highest BCUT2D eigenvalue weighted by Crippen LogP contribution is 2.26. The molecule has 1 heterocycles. The third kappa shape index (κ3) is 5.52. The smallest absolute Gasteiger partial charge is 0.305 e. The Balaban J connectivity index is 2.23. The van der Waals surface area contributed by atoms with Gasteiger partial charge in [-0.1, -0.05) is 13.3 Å². The molecule has 0 radical (unpaired) electrons. The van der Waals surface area contributed by atoms with Gasteiger partial charge in [-0.3, -0.25) is 4.79 Å². The van der Waals surface area contributed by atoms with Gasteiger partial charge < -0.3 is 29.5 Å². The summed E-state index contributed by atoms with van der Waals surface area (Å²) in [6, 6.07) is 0. The molecule has 0 aromatic heterocycles. The summed E-state index contributed by atoms with van der Waals surface area (Å²) >= 11 is 0. The number of methoxy groups -OCH3 is 1. The summed E-state index contributed by atoms with van der Waals surface area (Å²) in [6.07, 6.45) is -0.870. The van der Waals surface area contributed by atoms with Crippen molar-refractivity contribution >= 4 is 5.97 Å². The summed E-state index contributed by atoms with van der Waals surface area (Å²) in [5.41, 5.74) is 0. The van der Waals surface area contributed by atoms with E-state index in [0.29, 0.717) is 13.0 Å². The lowest BCUT2D eigenvalue weighted by Crippen LogP contribution is -2.55. The van der Waals surface area contributed by atoms with E-state index in [4.69, 9.17) is 14.6 Å². The molecule has 0 bridgehead atoms. The quantitative estimate of drug-likeness (QED) is 0.421. The number of unbranched alkanes of at least 4 members (excludes halogenated alkanes) is 2. The Morgan fingerprint density at radius 1 is 1.19 bits per heavy atom. The minimum absolute atomic E-state index is 0.219. The molecule has 1 rings (SSSR count). The van der Waals surface area contributed by atoms with E-state index in [0.717, 1.165) is 19.3 Å². The summed E-state index contributed by atoms with van der Waals surface area (Å²) in [6.45, 7) is 1.78. The summed E-state index contributed by atoms with van der Waals surface area (Å²) in [5, 5.41) is 28.7. The molecule has 7 heteroatoms. The maximum absolute atomic E-state index is 10.9. The molecule has 21 heavy (non-hydrogen) atoms. The molecule has 0 aromatic rings. The van der Waals surface area contributed by atoms with Crippen LogP contribution in [0.25, 0.3) is 0 Å². The lowest BCUT2D eigenvalue weighted by atomic mass is 9.92. The second kappa shape index (κ2) is 9.32. The fraction of sp³-hybridized carbons (Fsp3) is 0.929. The molecule has 0 aliphatic carbocycles. The van der Waals surface area contributed by atoms with E-state index in [9.17, 15) is 15.0 Å². The van der Waals surface area contributed by atoms with Crippen LogP contribution in [0.4, 0.5) is 0 Å². The molecule has 5 atom stereocenters. The molecule has 1 saturated heterocycles. The van der Waals surface area contributed by atoms with Crippen molar-refractivity contribution in [2.24, 2.45) is 5.92 Å². The molecule has 124 valence electrons. The minimum Gasteiger partial charge on any atom is -0.469 e. The summed E-state index contributed by atoms with van der Waals surface area (Å²) in [5.74, 6) is -0.596. The molecule has 0 spiro atoms. The summed E-state index contributed by atoms with van der Waals surface area (Å²) in [4.78, 5) is 10.9. The number of hydrogen-bond donors (Lipinski definition) is 3. The van der Waals surface area contributed by atoms with Crippen LogP contribution in [0.2, 0.25) is 0 Å². The van der Waals surface area contributed by atoms with E-state index < -0.39 is 24.6 Å². The molecule has 0 saturated carbocycles. The predicted molar refractivity (Wildman–Crippen MR) is 73.4 cm³/mol. The first-order valence-corrected chi connectivity index (χ1v) is 7.32. The molecule has 0 aromatic carbocycles. The Morgan fingerprint density at radius 2 is 1.90 bits per heavy atom. The third-order valence-electron chi connectivity index (χ3n) is 3.72. The number of hydrogen-bond acceptors (Lipinski definition) is 7. The Labute approximate surface area is 124 Å². The van der Waals surface area contributed by atoms with Crippen LogP contribution in [-0.4, -0.2) is 66.2 Å². The van der Waals surface area contributed by atoms with Gasteiger partial charge in [-0.25, -0.2) is 0 Å². The van der Waals surface area contributed by atoms with Crippen LogP contribution >= 0.6 is 0 Å². The highest BCUT2D eigenvalue weighted by molar-refractivity contribution is 5.68. The molecular weight excluding hydrogens is 280 g/mol. The number of carbonyl (C=O) groups is 1. The van der Waals surface area contributed by atoms with E-state index in [1.54, 1.807) is 6.92 Å². The SMILES string of the molecule is COC(=O)CCCCCOC1OC(CO)C(O)C(O)C1C. The van der Waals surface area contributed by atoms with Gasteiger partial charge in [0.1, 0.15) is 12.2 Å². The second-order valence-corrected chi connectivity index (χ2v) is 5.32. The maximum Gasteiger partial charge on any atom is 0.305 e. The summed E-state index contributed by atoms with van der Waals surface area (Å²) < 4.78 is 15.5. The number of carbonyl (C=O) groups excluding carboxylic acids is 1. The zero-order chi connectivity index (χ0) is 15.8. The lowest BCUT2D eigenvalue weighted by Gasteiger charge is -2.40. The van der Waals surface area contributed by atoms with Crippen molar-refractivity contribution in [1.82, 2.24) is 0 Å². The van der Waals surface area contributed by atoms with Crippen molar-refractivity contribution in [3.05, 3.63) is 0 Å². The molecule has 1 aliphatic heterocycles. The standard InChI is InChI=1S/C14H26O7/c1-9-12(17)13(18)10(8-15)21-14(9)20-7-5-3-4-6-11(16)19-2/h9-10,12-15,17-18H,3-8H2,1-2H3. The number of esters is 1. The van der Waals surface area contributed by atoms with Gasteiger partial charge in [0.2, 0.25) is 0 Å². The van der Waals surface area contributed by atoms with Crippen LogP contribution < -0.4 is 0 Å². The van der Waals surface area contributed by atoms with Crippen LogP contribution in [0.5, 0.6) is 0 Å². The lowest BCUT2D eigenvalue weighted by molar-refractivity contribution is -0.282. The zero-order valence-electron chi connectivity index (χ0n) is 12.6. The van der Waals surface area contributed by atoms with Gasteiger partial charge in [-0.15, -0.1) is 0 Å². The number of aliphatic hydroxyl groups excluding tert-OH is 3. The fourth-order valence-corrected chi connectivity index (χ4v) is 2.26. The average Bonchev–Trinajstić information content (AvgIpc) is 2.50. The second-order valence-electron chi connectivity index (χ2n) is 5.32. The van der Waals surface area contributed by atoms with Crippen molar-refractivity contribution in [2.75, 3.05) is 20.3 Å². The molecule has 3 N–H and O–H groups in total. The zero-order valence-corrected chi connectivity index (χ0v) is 12.6. The monoisotopic (exact) mass is 306 g/mol. The van der Waals surface area contributed by atoms with Crippen LogP contribution in [0.15, 0.2) is 0 Å². The van der Waals surface area contributed by atoms with Crippen LogP contribution in [0, 0.1) is 5.92 Å². The van der Waals surface area contributed by atoms with Crippen molar-refractivity contribution in [3.63, 3.8) is 0 Å². The first kappa shape index (κ1) is 18.3. The Hall–Kier alpha value is -0.730. The first-order chi connectivity index (χ1) is 10.0. The van der Waals surface area contributed by atoms with Gasteiger partial charge in [0, 0.05) is 18.9 Å². The van der Waals surface area contributed by atoms with E-state index in [1.807, 2.05) is 0 Å². The normalized spacial score (nSPS) is 32.9. The van der Waals surface area contributed by atoms with Crippen LogP contribution in [0.3, 0.4) is 0 Å². The van der Waals surface area contributed by atoms with Crippen LogP contribution in [-0.2, 0) is 19.0 Å². The molecular formula is C14H26O7. The Morgan fingerprint density at radius 3 is 2.52 bits per heavy atom. The van der Waals surface area contributed by atoms with Gasteiger partial charge in [-0.05, 0) is 12.8 Å². The molecule has 0 amide bonds.